The average Bonchev–Trinajstić information content (AvgIpc) is 3.21. The summed E-state index contributed by atoms with van der Waals surface area (Å²) >= 11 is 0. The molecule has 0 radical (unpaired) electrons. The van der Waals surface area contributed by atoms with Gasteiger partial charge in [0, 0.05) is 15.9 Å². The predicted molar refractivity (Wildman–Crippen MR) is 216 cm³/mol. The van der Waals surface area contributed by atoms with Gasteiger partial charge >= 0.3 is 0 Å². The van der Waals surface area contributed by atoms with E-state index in [1.807, 2.05) is 103 Å². The molecule has 0 spiro atoms. The second-order valence-electron chi connectivity index (χ2n) is 13.2. The third-order valence-corrected chi connectivity index (χ3v) is 13.2. The normalized spacial score (nSPS) is 12.2. The van der Waals surface area contributed by atoms with Gasteiger partial charge in [-0.25, -0.2) is 0 Å². The highest BCUT2D eigenvalue weighted by molar-refractivity contribution is 7.85. The van der Waals surface area contributed by atoms with E-state index in [-0.39, 0.29) is 0 Å². The molecule has 0 N–H and O–H groups in total. The zero-order valence-corrected chi connectivity index (χ0v) is 29.0. The molecular weight excluding hydrogens is 655 g/mol. The van der Waals surface area contributed by atoms with Crippen molar-refractivity contribution in [2.24, 2.45) is 0 Å². The van der Waals surface area contributed by atoms with Crippen LogP contribution in [0.25, 0.3) is 54.6 Å². The van der Waals surface area contributed by atoms with Crippen LogP contribution < -0.4 is 25.4 Å². The fraction of sp³-hybridized carbons (Fsp3) is 0. The van der Waals surface area contributed by atoms with E-state index >= 15 is 4.57 Å². The van der Waals surface area contributed by atoms with Gasteiger partial charge in [-0.2, -0.15) is 0 Å². The quantitative estimate of drug-likeness (QED) is 0.134. The van der Waals surface area contributed by atoms with Crippen LogP contribution in [0.3, 0.4) is 0 Å². The highest BCUT2D eigenvalue weighted by atomic mass is 31.2. The molecule has 9 aromatic rings. The number of ether oxygens (including phenoxy) is 2. The monoisotopic (exact) mass is 686 g/mol. The van der Waals surface area contributed by atoms with Crippen molar-refractivity contribution in [2.45, 2.75) is 0 Å². The highest BCUT2D eigenvalue weighted by Gasteiger charge is 2.30. The van der Waals surface area contributed by atoms with Gasteiger partial charge < -0.3 is 14.0 Å². The van der Waals surface area contributed by atoms with E-state index in [0.717, 1.165) is 70.5 Å². The van der Waals surface area contributed by atoms with Gasteiger partial charge in [0.1, 0.15) is 0 Å². The van der Waals surface area contributed by atoms with Crippen molar-refractivity contribution in [2.75, 3.05) is 0 Å². The summed E-state index contributed by atoms with van der Waals surface area (Å²) in [5.41, 5.74) is 4.30. The van der Waals surface area contributed by atoms with Crippen LogP contribution >= 0.6 is 7.14 Å². The van der Waals surface area contributed by atoms with Crippen molar-refractivity contribution in [3.05, 3.63) is 188 Å². The molecule has 0 saturated heterocycles. The molecule has 0 aliphatic carbocycles. The Morgan fingerprint density at radius 2 is 0.750 bits per heavy atom. The van der Waals surface area contributed by atoms with Crippen molar-refractivity contribution in [1.29, 1.82) is 0 Å². The Hall–Kier alpha value is -6.41. The lowest BCUT2D eigenvalue weighted by Gasteiger charge is -2.23. The molecule has 52 heavy (non-hydrogen) atoms. The van der Waals surface area contributed by atoms with Gasteiger partial charge in [0.25, 0.3) is 0 Å². The van der Waals surface area contributed by atoms with Gasteiger partial charge in [-0.15, -0.1) is 0 Å². The molecule has 0 fully saturated rings. The summed E-state index contributed by atoms with van der Waals surface area (Å²) in [6.45, 7) is 0. The topological polar surface area (TPSA) is 35.5 Å². The first-order valence-electron chi connectivity index (χ1n) is 17.4. The van der Waals surface area contributed by atoms with Crippen LogP contribution in [0.5, 0.6) is 23.0 Å². The third kappa shape index (κ3) is 4.86. The van der Waals surface area contributed by atoms with Crippen molar-refractivity contribution in [3.63, 3.8) is 0 Å². The molecule has 10 rings (SSSR count). The van der Waals surface area contributed by atoms with E-state index in [1.54, 1.807) is 0 Å². The maximum atomic E-state index is 15.4. The second kappa shape index (κ2) is 12.1. The highest BCUT2D eigenvalue weighted by Crippen LogP contribution is 2.50. The van der Waals surface area contributed by atoms with E-state index < -0.39 is 7.14 Å². The summed E-state index contributed by atoms with van der Waals surface area (Å²) < 4.78 is 28.3. The van der Waals surface area contributed by atoms with Crippen molar-refractivity contribution < 1.29 is 14.0 Å². The lowest BCUT2D eigenvalue weighted by atomic mass is 9.86. The predicted octanol–water partition coefficient (Wildman–Crippen LogP) is 12.0. The molecule has 4 heteroatoms. The Kier molecular flexibility index (Phi) is 7.09. The number of rotatable bonds is 5. The summed E-state index contributed by atoms with van der Waals surface area (Å²) in [5, 5.41) is 9.14. The molecule has 246 valence electrons. The van der Waals surface area contributed by atoms with Crippen LogP contribution in [0.15, 0.2) is 188 Å². The lowest BCUT2D eigenvalue weighted by molar-refractivity contribution is 0.360. The molecule has 1 aliphatic heterocycles. The van der Waals surface area contributed by atoms with Gasteiger partial charge in [0.15, 0.2) is 30.1 Å². The maximum absolute atomic E-state index is 15.4. The SMILES string of the molecule is O=P(c1ccccc1)(c1ccccc1)c1cccc(-c2c3ccccc3c(-c3ccc4c(c3)Oc3cc5ccccc5cc3O4)c3ccccc23)c1. The number of hydrogen-bond acceptors (Lipinski definition) is 3. The fourth-order valence-corrected chi connectivity index (χ4v) is 10.4. The van der Waals surface area contributed by atoms with Crippen LogP contribution in [0.4, 0.5) is 0 Å². The fourth-order valence-electron chi connectivity index (χ4n) is 7.75. The minimum atomic E-state index is -3.18. The van der Waals surface area contributed by atoms with Crippen molar-refractivity contribution in [3.8, 4) is 45.3 Å². The van der Waals surface area contributed by atoms with Gasteiger partial charge in [-0.3, -0.25) is 0 Å². The van der Waals surface area contributed by atoms with Crippen LogP contribution in [0, 0.1) is 0 Å². The minimum Gasteiger partial charge on any atom is -0.449 e. The first kappa shape index (κ1) is 30.4. The van der Waals surface area contributed by atoms with Crippen molar-refractivity contribution >= 4 is 55.4 Å². The van der Waals surface area contributed by atoms with Crippen LogP contribution in [-0.2, 0) is 4.57 Å². The molecule has 0 amide bonds. The van der Waals surface area contributed by atoms with E-state index in [9.17, 15) is 0 Å². The molecule has 3 nitrogen and oxygen atoms in total. The lowest BCUT2D eigenvalue weighted by Crippen LogP contribution is -2.25. The molecule has 0 aromatic heterocycles. The number of hydrogen-bond donors (Lipinski definition) is 0. The first-order chi connectivity index (χ1) is 25.6. The van der Waals surface area contributed by atoms with E-state index in [4.69, 9.17) is 9.47 Å². The molecule has 0 bridgehead atoms. The van der Waals surface area contributed by atoms with Gasteiger partial charge in [0.2, 0.25) is 0 Å². The standard InChI is InChI=1S/C48H31O3P/c49-52(36-17-3-1-4-18-36,37-19-5-2-6-20-37)38-21-13-16-34(28-38)47-39-22-9-11-24-41(39)48(42-25-12-10-23-40(42)47)35-26-27-43-44(31-35)51-46-30-33-15-8-7-14-32(33)29-45(46)50-43/h1-31H. The Balaban J connectivity index is 1.15. The number of benzene rings is 9. The third-order valence-electron chi connectivity index (χ3n) is 10.2. The molecule has 0 unspecified atom stereocenters. The van der Waals surface area contributed by atoms with E-state index in [0.29, 0.717) is 23.0 Å². The summed E-state index contributed by atoms with van der Waals surface area (Å²) in [6.07, 6.45) is 0. The average molecular weight is 687 g/mol. The van der Waals surface area contributed by atoms with Gasteiger partial charge in [0.05, 0.1) is 0 Å². The summed E-state index contributed by atoms with van der Waals surface area (Å²) in [4.78, 5) is 0. The van der Waals surface area contributed by atoms with Crippen molar-refractivity contribution in [1.82, 2.24) is 0 Å². The molecule has 1 aliphatic rings. The summed E-state index contributed by atoms with van der Waals surface area (Å²) in [7, 11) is -3.18. The summed E-state index contributed by atoms with van der Waals surface area (Å²) in [5.74, 6) is 2.79. The molecular formula is C48H31O3P. The smallest absolute Gasteiger partial charge is 0.171 e. The van der Waals surface area contributed by atoms with E-state index in [1.165, 1.54) is 0 Å². The minimum absolute atomic E-state index is 0.683. The Morgan fingerprint density at radius 3 is 1.29 bits per heavy atom. The second-order valence-corrected chi connectivity index (χ2v) is 16.0. The molecule has 0 saturated carbocycles. The summed E-state index contributed by atoms with van der Waals surface area (Å²) in [6, 6.07) is 63.8. The van der Waals surface area contributed by atoms with E-state index in [2.05, 4.69) is 84.9 Å². The Bertz CT molecular complexity index is 2780. The zero-order chi connectivity index (χ0) is 34.6. The maximum Gasteiger partial charge on any atom is 0.171 e. The van der Waals surface area contributed by atoms with Gasteiger partial charge in [-0.1, -0.05) is 158 Å². The molecule has 9 aromatic carbocycles. The zero-order valence-electron chi connectivity index (χ0n) is 28.1. The van der Waals surface area contributed by atoms with Gasteiger partial charge in [-0.05, 0) is 84.9 Å². The number of fused-ring (bicyclic) bond motifs is 5. The first-order valence-corrected chi connectivity index (χ1v) is 19.1. The largest absolute Gasteiger partial charge is 0.449 e. The Morgan fingerprint density at radius 1 is 0.327 bits per heavy atom. The molecule has 1 heterocycles. The van der Waals surface area contributed by atoms with Crippen LogP contribution in [-0.4, -0.2) is 0 Å². The van der Waals surface area contributed by atoms with Crippen LogP contribution in [0.1, 0.15) is 0 Å². The molecule has 0 atom stereocenters. The Labute approximate surface area is 301 Å². The van der Waals surface area contributed by atoms with Crippen LogP contribution in [0.2, 0.25) is 0 Å².